The van der Waals surface area contributed by atoms with Gasteiger partial charge in [-0.15, -0.1) is 0 Å². The van der Waals surface area contributed by atoms with Crippen molar-refractivity contribution in [2.75, 3.05) is 6.54 Å². The fourth-order valence-electron chi connectivity index (χ4n) is 2.56. The van der Waals surface area contributed by atoms with Crippen molar-refractivity contribution in [2.45, 2.75) is 65.1 Å². The second kappa shape index (κ2) is 5.83. The fourth-order valence-corrected chi connectivity index (χ4v) is 2.56. The average Bonchev–Trinajstić information content (AvgIpc) is 2.14. The third-order valence-corrected chi connectivity index (χ3v) is 3.47. The van der Waals surface area contributed by atoms with E-state index >= 15 is 0 Å². The largest absolute Gasteiger partial charge is 0.393 e. The van der Waals surface area contributed by atoms with E-state index in [1.807, 2.05) is 6.92 Å². The summed E-state index contributed by atoms with van der Waals surface area (Å²) >= 11 is 0. The van der Waals surface area contributed by atoms with Crippen molar-refractivity contribution in [1.82, 2.24) is 10.6 Å². The molecule has 4 nitrogen and oxygen atoms in total. The third-order valence-electron chi connectivity index (χ3n) is 3.47. The van der Waals surface area contributed by atoms with E-state index in [0.29, 0.717) is 6.42 Å². The van der Waals surface area contributed by atoms with Crippen LogP contribution in [0.3, 0.4) is 0 Å². The summed E-state index contributed by atoms with van der Waals surface area (Å²) < 4.78 is 0. The zero-order chi connectivity index (χ0) is 13.1. The Morgan fingerprint density at radius 3 is 2.71 bits per heavy atom. The quantitative estimate of drug-likeness (QED) is 0.690. The molecule has 0 radical (unpaired) electrons. The van der Waals surface area contributed by atoms with Crippen LogP contribution in [0.25, 0.3) is 0 Å². The van der Waals surface area contributed by atoms with Crippen molar-refractivity contribution < 1.29 is 9.90 Å². The molecule has 17 heavy (non-hydrogen) atoms. The van der Waals surface area contributed by atoms with E-state index in [1.165, 1.54) is 0 Å². The summed E-state index contributed by atoms with van der Waals surface area (Å²) in [5, 5.41) is 15.6. The zero-order valence-corrected chi connectivity index (χ0v) is 11.4. The van der Waals surface area contributed by atoms with Crippen molar-refractivity contribution in [3.05, 3.63) is 0 Å². The lowest BCUT2D eigenvalue weighted by Crippen LogP contribution is -2.57. The summed E-state index contributed by atoms with van der Waals surface area (Å²) in [6.45, 7) is 8.84. The number of piperidine rings is 1. The predicted octanol–water partition coefficient (Wildman–Crippen LogP) is 1.04. The Morgan fingerprint density at radius 2 is 2.18 bits per heavy atom. The number of aliphatic hydroxyl groups is 1. The number of rotatable bonds is 4. The van der Waals surface area contributed by atoms with Crippen LogP contribution in [0.2, 0.25) is 0 Å². The molecule has 3 atom stereocenters. The Kier molecular flexibility index (Phi) is 4.95. The molecule has 1 amide bonds. The van der Waals surface area contributed by atoms with Gasteiger partial charge in [-0.3, -0.25) is 4.79 Å². The molecule has 0 aliphatic carbocycles. The lowest BCUT2D eigenvalue weighted by Gasteiger charge is -2.38. The van der Waals surface area contributed by atoms with Gasteiger partial charge >= 0.3 is 0 Å². The van der Waals surface area contributed by atoms with Crippen LogP contribution in [0.5, 0.6) is 0 Å². The first kappa shape index (κ1) is 14.5. The summed E-state index contributed by atoms with van der Waals surface area (Å²) in [5.74, 6) is 0.0582. The molecule has 0 aromatic heterocycles. The Hall–Kier alpha value is -0.610. The van der Waals surface area contributed by atoms with Gasteiger partial charge in [0.05, 0.1) is 12.1 Å². The SMILES string of the molecule is CC(O)CC(C)NC(=O)C1NCCCC1(C)C. The molecule has 3 unspecified atom stereocenters. The maximum Gasteiger partial charge on any atom is 0.237 e. The smallest absolute Gasteiger partial charge is 0.237 e. The van der Waals surface area contributed by atoms with Crippen LogP contribution in [0, 0.1) is 5.41 Å². The molecule has 0 saturated carbocycles. The number of hydrogen-bond donors (Lipinski definition) is 3. The summed E-state index contributed by atoms with van der Waals surface area (Å²) in [7, 11) is 0. The number of carbonyl (C=O) groups is 1. The van der Waals surface area contributed by atoms with E-state index in [9.17, 15) is 9.90 Å². The Morgan fingerprint density at radius 1 is 1.53 bits per heavy atom. The first-order valence-corrected chi connectivity index (χ1v) is 6.55. The van der Waals surface area contributed by atoms with Gasteiger partial charge in [0.15, 0.2) is 0 Å². The summed E-state index contributed by atoms with van der Waals surface area (Å²) in [6, 6.07) is -0.102. The van der Waals surface area contributed by atoms with E-state index in [-0.39, 0.29) is 29.5 Å². The van der Waals surface area contributed by atoms with Crippen LogP contribution in [-0.2, 0) is 4.79 Å². The highest BCUT2D eigenvalue weighted by Gasteiger charge is 2.37. The summed E-state index contributed by atoms with van der Waals surface area (Å²) in [4.78, 5) is 12.2. The molecule has 0 aromatic carbocycles. The lowest BCUT2D eigenvalue weighted by molar-refractivity contribution is -0.127. The van der Waals surface area contributed by atoms with Gasteiger partial charge in [-0.05, 0) is 45.1 Å². The summed E-state index contributed by atoms with van der Waals surface area (Å²) in [6.07, 6.45) is 2.42. The van der Waals surface area contributed by atoms with Crippen LogP contribution >= 0.6 is 0 Å². The molecule has 4 heteroatoms. The molecule has 1 fully saturated rings. The minimum atomic E-state index is -0.377. The van der Waals surface area contributed by atoms with E-state index in [0.717, 1.165) is 19.4 Å². The molecule has 3 N–H and O–H groups in total. The van der Waals surface area contributed by atoms with E-state index in [2.05, 4.69) is 24.5 Å². The highest BCUT2D eigenvalue weighted by Crippen LogP contribution is 2.30. The number of amides is 1. The van der Waals surface area contributed by atoms with Crippen LogP contribution in [-0.4, -0.2) is 35.7 Å². The van der Waals surface area contributed by atoms with Gasteiger partial charge in [-0.25, -0.2) is 0 Å². The van der Waals surface area contributed by atoms with E-state index in [4.69, 9.17) is 0 Å². The molecule has 0 spiro atoms. The van der Waals surface area contributed by atoms with Gasteiger partial charge < -0.3 is 15.7 Å². The molecule has 1 saturated heterocycles. The lowest BCUT2D eigenvalue weighted by atomic mass is 9.77. The first-order chi connectivity index (χ1) is 7.83. The second-order valence-corrected chi connectivity index (χ2v) is 5.97. The minimum Gasteiger partial charge on any atom is -0.393 e. The van der Waals surface area contributed by atoms with Gasteiger partial charge in [0.2, 0.25) is 5.91 Å². The molecule has 1 aliphatic rings. The molecular formula is C13H26N2O2. The molecule has 1 rings (SSSR count). The van der Waals surface area contributed by atoms with Gasteiger partial charge in [0, 0.05) is 6.04 Å². The van der Waals surface area contributed by atoms with Crippen molar-refractivity contribution in [2.24, 2.45) is 5.41 Å². The number of nitrogens with one attached hydrogen (secondary N) is 2. The van der Waals surface area contributed by atoms with E-state index < -0.39 is 0 Å². The summed E-state index contributed by atoms with van der Waals surface area (Å²) in [5.41, 5.74) is 0.00683. The molecule has 0 bridgehead atoms. The molecule has 100 valence electrons. The molecular weight excluding hydrogens is 216 g/mol. The van der Waals surface area contributed by atoms with Gasteiger partial charge in [0.25, 0.3) is 0 Å². The van der Waals surface area contributed by atoms with Crippen molar-refractivity contribution in [3.63, 3.8) is 0 Å². The molecule has 1 aliphatic heterocycles. The second-order valence-electron chi connectivity index (χ2n) is 5.97. The molecule has 0 aromatic rings. The first-order valence-electron chi connectivity index (χ1n) is 6.55. The monoisotopic (exact) mass is 242 g/mol. The van der Waals surface area contributed by atoms with Gasteiger partial charge in [0.1, 0.15) is 0 Å². The topological polar surface area (TPSA) is 61.4 Å². The molecule has 1 heterocycles. The van der Waals surface area contributed by atoms with E-state index in [1.54, 1.807) is 6.92 Å². The van der Waals surface area contributed by atoms with Gasteiger partial charge in [-0.2, -0.15) is 0 Å². The number of hydrogen-bond acceptors (Lipinski definition) is 3. The maximum absolute atomic E-state index is 12.2. The maximum atomic E-state index is 12.2. The highest BCUT2D eigenvalue weighted by atomic mass is 16.3. The fraction of sp³-hybridized carbons (Fsp3) is 0.923. The van der Waals surface area contributed by atoms with Crippen LogP contribution in [0.4, 0.5) is 0 Å². The van der Waals surface area contributed by atoms with Crippen LogP contribution in [0.15, 0.2) is 0 Å². The normalized spacial score (nSPS) is 27.2. The Bertz CT molecular complexity index is 264. The van der Waals surface area contributed by atoms with Crippen LogP contribution < -0.4 is 10.6 Å². The average molecular weight is 242 g/mol. The van der Waals surface area contributed by atoms with Crippen molar-refractivity contribution in [1.29, 1.82) is 0 Å². The number of carbonyl (C=O) groups excluding carboxylic acids is 1. The minimum absolute atomic E-state index is 0.00683. The third kappa shape index (κ3) is 4.28. The van der Waals surface area contributed by atoms with Crippen LogP contribution in [0.1, 0.15) is 47.0 Å². The van der Waals surface area contributed by atoms with Crippen molar-refractivity contribution in [3.8, 4) is 0 Å². The standard InChI is InChI=1S/C13H26N2O2/c1-9(8-10(2)16)15-12(17)11-13(3,4)6-5-7-14-11/h9-11,14,16H,5-8H2,1-4H3,(H,15,17). The van der Waals surface area contributed by atoms with Crippen molar-refractivity contribution >= 4 is 5.91 Å². The zero-order valence-electron chi connectivity index (χ0n) is 11.4. The highest BCUT2D eigenvalue weighted by molar-refractivity contribution is 5.83. The predicted molar refractivity (Wildman–Crippen MR) is 68.7 cm³/mol. The Labute approximate surface area is 104 Å². The van der Waals surface area contributed by atoms with Gasteiger partial charge in [-0.1, -0.05) is 13.8 Å². The number of aliphatic hydroxyl groups excluding tert-OH is 1. The Balaban J connectivity index is 2.51.